The molecule has 12 heavy (non-hydrogen) atoms. The van der Waals surface area contributed by atoms with Gasteiger partial charge in [0.1, 0.15) is 0 Å². The standard InChI is InChI=1S/C7H14O4Si/c1-5-7(8)11-12(4,9-3)10-6-2/h5H,1,6H2,2-4H3. The Morgan fingerprint density at radius 2 is 2.25 bits per heavy atom. The van der Waals surface area contributed by atoms with E-state index in [-0.39, 0.29) is 0 Å². The largest absolute Gasteiger partial charge is 0.564 e. The molecule has 0 radical (unpaired) electrons. The highest BCUT2D eigenvalue weighted by atomic mass is 28.4. The molecule has 0 aromatic rings. The van der Waals surface area contributed by atoms with Gasteiger partial charge >= 0.3 is 14.8 Å². The van der Waals surface area contributed by atoms with Crippen LogP contribution in [-0.2, 0) is 18.1 Å². The quantitative estimate of drug-likeness (QED) is 0.478. The van der Waals surface area contributed by atoms with Crippen LogP contribution in [0.3, 0.4) is 0 Å². The van der Waals surface area contributed by atoms with E-state index in [9.17, 15) is 4.79 Å². The first kappa shape index (κ1) is 11.3. The van der Waals surface area contributed by atoms with Crippen LogP contribution in [0, 0.1) is 0 Å². The van der Waals surface area contributed by atoms with E-state index in [1.54, 1.807) is 6.55 Å². The first-order valence-corrected chi connectivity index (χ1v) is 5.85. The highest BCUT2D eigenvalue weighted by molar-refractivity contribution is 6.61. The van der Waals surface area contributed by atoms with E-state index < -0.39 is 14.8 Å². The second kappa shape index (κ2) is 5.07. The molecule has 0 aliphatic carbocycles. The second-order valence-electron chi connectivity index (χ2n) is 2.12. The third-order valence-electron chi connectivity index (χ3n) is 1.23. The van der Waals surface area contributed by atoms with E-state index in [1.807, 2.05) is 6.92 Å². The Bertz CT molecular complexity index is 171. The van der Waals surface area contributed by atoms with Gasteiger partial charge in [0.05, 0.1) is 0 Å². The Balaban J connectivity index is 4.12. The van der Waals surface area contributed by atoms with E-state index in [1.165, 1.54) is 7.11 Å². The van der Waals surface area contributed by atoms with Crippen molar-refractivity contribution in [2.45, 2.75) is 13.5 Å². The number of carbonyl (C=O) groups excluding carboxylic acids is 1. The van der Waals surface area contributed by atoms with Crippen LogP contribution in [0.1, 0.15) is 6.92 Å². The third kappa shape index (κ3) is 3.66. The zero-order valence-electron chi connectivity index (χ0n) is 7.62. The van der Waals surface area contributed by atoms with Crippen molar-refractivity contribution in [2.75, 3.05) is 13.7 Å². The average Bonchev–Trinajstić information content (AvgIpc) is 2.05. The monoisotopic (exact) mass is 190 g/mol. The predicted molar refractivity (Wildman–Crippen MR) is 46.5 cm³/mol. The SMILES string of the molecule is C=CC(=O)O[Si](C)(OC)OCC. The normalized spacial score (nSPS) is 14.9. The fourth-order valence-corrected chi connectivity index (χ4v) is 1.85. The molecule has 1 atom stereocenters. The molecular formula is C7H14O4Si. The molecule has 5 heteroatoms. The summed E-state index contributed by atoms with van der Waals surface area (Å²) in [6.45, 7) is 7.20. The Morgan fingerprint density at radius 3 is 2.58 bits per heavy atom. The first-order valence-electron chi connectivity index (χ1n) is 3.62. The second-order valence-corrected chi connectivity index (χ2v) is 4.75. The van der Waals surface area contributed by atoms with Crippen molar-refractivity contribution in [2.24, 2.45) is 0 Å². The first-order chi connectivity index (χ1) is 5.58. The van der Waals surface area contributed by atoms with E-state index in [2.05, 4.69) is 6.58 Å². The maximum Gasteiger partial charge on any atom is 0.564 e. The van der Waals surface area contributed by atoms with Crippen molar-refractivity contribution >= 4 is 14.8 Å². The van der Waals surface area contributed by atoms with Crippen molar-refractivity contribution < 1.29 is 18.1 Å². The minimum atomic E-state index is -2.73. The van der Waals surface area contributed by atoms with Crippen LogP contribution in [0.4, 0.5) is 0 Å². The van der Waals surface area contributed by atoms with Crippen LogP contribution >= 0.6 is 0 Å². The molecule has 0 aliphatic heterocycles. The molecular weight excluding hydrogens is 176 g/mol. The number of hydrogen-bond donors (Lipinski definition) is 0. The summed E-state index contributed by atoms with van der Waals surface area (Å²) in [5.41, 5.74) is 0. The molecule has 0 rings (SSSR count). The van der Waals surface area contributed by atoms with Gasteiger partial charge in [-0.1, -0.05) is 6.58 Å². The van der Waals surface area contributed by atoms with Crippen molar-refractivity contribution in [1.82, 2.24) is 0 Å². The van der Waals surface area contributed by atoms with Gasteiger partial charge in [-0.25, -0.2) is 4.79 Å². The lowest BCUT2D eigenvalue weighted by atomic mass is 10.7. The number of carbonyl (C=O) groups is 1. The van der Waals surface area contributed by atoms with Gasteiger partial charge in [0.15, 0.2) is 0 Å². The van der Waals surface area contributed by atoms with Gasteiger partial charge in [-0.15, -0.1) is 0 Å². The topological polar surface area (TPSA) is 44.8 Å². The zero-order valence-corrected chi connectivity index (χ0v) is 8.62. The lowest BCUT2D eigenvalue weighted by Crippen LogP contribution is -2.42. The molecule has 0 amide bonds. The Kier molecular flexibility index (Phi) is 4.80. The van der Waals surface area contributed by atoms with Gasteiger partial charge in [-0.2, -0.15) is 0 Å². The number of hydrogen-bond acceptors (Lipinski definition) is 4. The van der Waals surface area contributed by atoms with Crippen LogP contribution in [0.15, 0.2) is 12.7 Å². The van der Waals surface area contributed by atoms with E-state index in [0.29, 0.717) is 6.61 Å². The van der Waals surface area contributed by atoms with Crippen LogP contribution in [0.5, 0.6) is 0 Å². The van der Waals surface area contributed by atoms with Crippen LogP contribution in [0.25, 0.3) is 0 Å². The van der Waals surface area contributed by atoms with Gasteiger partial charge in [-0.05, 0) is 6.92 Å². The minimum Gasteiger partial charge on any atom is -0.470 e. The Labute approximate surface area is 73.5 Å². The van der Waals surface area contributed by atoms with E-state index >= 15 is 0 Å². The molecule has 0 spiro atoms. The smallest absolute Gasteiger partial charge is 0.470 e. The van der Waals surface area contributed by atoms with Crippen molar-refractivity contribution in [3.05, 3.63) is 12.7 Å². The molecule has 1 unspecified atom stereocenters. The molecule has 0 saturated carbocycles. The minimum absolute atomic E-state index is 0.459. The maximum atomic E-state index is 10.8. The van der Waals surface area contributed by atoms with Crippen molar-refractivity contribution in [1.29, 1.82) is 0 Å². The summed E-state index contributed by atoms with van der Waals surface area (Å²) in [6.07, 6.45) is 1.09. The lowest BCUT2D eigenvalue weighted by Gasteiger charge is -2.21. The molecule has 0 bridgehead atoms. The zero-order chi connectivity index (χ0) is 9.61. The van der Waals surface area contributed by atoms with Crippen LogP contribution in [0.2, 0.25) is 6.55 Å². The fraction of sp³-hybridized carbons (Fsp3) is 0.571. The average molecular weight is 190 g/mol. The molecule has 0 fully saturated rings. The van der Waals surface area contributed by atoms with Crippen LogP contribution in [-0.4, -0.2) is 28.5 Å². The van der Waals surface area contributed by atoms with Crippen LogP contribution < -0.4 is 0 Å². The summed E-state index contributed by atoms with van der Waals surface area (Å²) in [4.78, 5) is 10.8. The molecule has 70 valence electrons. The van der Waals surface area contributed by atoms with Gasteiger partial charge in [0, 0.05) is 26.3 Å². The van der Waals surface area contributed by atoms with Gasteiger partial charge in [0.2, 0.25) is 0 Å². The highest BCUT2D eigenvalue weighted by Crippen LogP contribution is 2.07. The summed E-state index contributed by atoms with van der Waals surface area (Å²) in [7, 11) is -1.27. The van der Waals surface area contributed by atoms with Gasteiger partial charge in [-0.3, -0.25) is 0 Å². The summed E-state index contributed by atoms with van der Waals surface area (Å²) >= 11 is 0. The van der Waals surface area contributed by atoms with Gasteiger partial charge in [0.25, 0.3) is 0 Å². The molecule has 0 aliphatic rings. The van der Waals surface area contributed by atoms with E-state index in [0.717, 1.165) is 6.08 Å². The summed E-state index contributed by atoms with van der Waals surface area (Å²) < 4.78 is 15.1. The molecule has 0 N–H and O–H groups in total. The summed E-state index contributed by atoms with van der Waals surface area (Å²) in [6, 6.07) is 0. The van der Waals surface area contributed by atoms with Crippen molar-refractivity contribution in [3.63, 3.8) is 0 Å². The van der Waals surface area contributed by atoms with Crippen molar-refractivity contribution in [3.8, 4) is 0 Å². The van der Waals surface area contributed by atoms with E-state index in [4.69, 9.17) is 13.3 Å². The highest BCUT2D eigenvalue weighted by Gasteiger charge is 2.36. The van der Waals surface area contributed by atoms with Gasteiger partial charge < -0.3 is 13.3 Å². The molecule has 0 heterocycles. The maximum absolute atomic E-state index is 10.8. The Hall–Kier alpha value is -0.653. The molecule has 0 aromatic carbocycles. The molecule has 0 aromatic heterocycles. The Morgan fingerprint density at radius 1 is 1.67 bits per heavy atom. The number of rotatable bonds is 5. The fourth-order valence-electron chi connectivity index (χ4n) is 0.617. The molecule has 4 nitrogen and oxygen atoms in total. The summed E-state index contributed by atoms with van der Waals surface area (Å²) in [5.74, 6) is -0.514. The summed E-state index contributed by atoms with van der Waals surface area (Å²) in [5, 5.41) is 0. The predicted octanol–water partition coefficient (Wildman–Crippen LogP) is 0.967. The third-order valence-corrected chi connectivity index (χ3v) is 3.36. The lowest BCUT2D eigenvalue weighted by molar-refractivity contribution is -0.133. The molecule has 0 saturated heterocycles.